The number of halogens is 1. The Balaban J connectivity index is 1.46. The van der Waals surface area contributed by atoms with E-state index in [1.165, 1.54) is 15.9 Å². The molecule has 4 amide bonds. The molecule has 3 aromatic rings. The predicted octanol–water partition coefficient (Wildman–Crippen LogP) is 3.03. The largest absolute Gasteiger partial charge is 0.355 e. The lowest BCUT2D eigenvalue weighted by molar-refractivity contribution is -0.126. The van der Waals surface area contributed by atoms with E-state index in [0.29, 0.717) is 44.5 Å². The summed E-state index contributed by atoms with van der Waals surface area (Å²) in [5, 5.41) is 5.93. The fraction of sp³-hybridized carbons (Fsp3) is 0.419. The van der Waals surface area contributed by atoms with Gasteiger partial charge in [0.1, 0.15) is 17.6 Å². The van der Waals surface area contributed by atoms with Gasteiger partial charge in [0.25, 0.3) is 11.8 Å². The number of aryl methyl sites for hydroxylation is 1. The van der Waals surface area contributed by atoms with Gasteiger partial charge in [-0.1, -0.05) is 26.0 Å². The van der Waals surface area contributed by atoms with E-state index in [-0.39, 0.29) is 42.3 Å². The van der Waals surface area contributed by atoms with Gasteiger partial charge in [-0.3, -0.25) is 19.2 Å². The van der Waals surface area contributed by atoms with Crippen LogP contribution in [-0.2, 0) is 16.0 Å². The second-order valence-corrected chi connectivity index (χ2v) is 11.2. The van der Waals surface area contributed by atoms with Gasteiger partial charge in [-0.05, 0) is 73.6 Å². The number of fused-ring (bicyclic) bond motifs is 4. The minimum Gasteiger partial charge on any atom is -0.355 e. The average Bonchev–Trinajstić information content (AvgIpc) is 3.62. The Morgan fingerprint density at radius 1 is 1.05 bits per heavy atom. The zero-order chi connectivity index (χ0) is 29.1. The Hall–Kier alpha value is -4.21. The van der Waals surface area contributed by atoms with Crippen LogP contribution in [0.25, 0.3) is 5.52 Å². The van der Waals surface area contributed by atoms with Crippen molar-refractivity contribution >= 4 is 29.1 Å². The number of carbonyl (C=O) groups is 4. The van der Waals surface area contributed by atoms with Gasteiger partial charge < -0.3 is 24.8 Å². The number of carbonyl (C=O) groups excluding carboxylic acids is 4. The van der Waals surface area contributed by atoms with E-state index < -0.39 is 23.8 Å². The number of nitrogens with one attached hydrogen (secondary N) is 2. The van der Waals surface area contributed by atoms with Crippen molar-refractivity contribution in [1.82, 2.24) is 24.8 Å². The third kappa shape index (κ3) is 6.11. The van der Waals surface area contributed by atoms with E-state index in [1.54, 1.807) is 28.8 Å². The van der Waals surface area contributed by atoms with Gasteiger partial charge in [0, 0.05) is 37.4 Å². The highest BCUT2D eigenvalue weighted by molar-refractivity contribution is 5.99. The van der Waals surface area contributed by atoms with Crippen LogP contribution in [0.15, 0.2) is 54.7 Å². The Bertz CT molecular complexity index is 1470. The van der Waals surface area contributed by atoms with Crippen LogP contribution in [0, 0.1) is 11.7 Å². The molecule has 2 aromatic heterocycles. The molecule has 0 radical (unpaired) electrons. The van der Waals surface area contributed by atoms with E-state index in [4.69, 9.17) is 0 Å². The normalized spacial score (nSPS) is 21.0. The number of rotatable bonds is 2. The van der Waals surface area contributed by atoms with E-state index >= 15 is 0 Å². The lowest BCUT2D eigenvalue weighted by Gasteiger charge is -2.32. The maximum atomic E-state index is 14.8. The molecule has 2 bridgehead atoms. The van der Waals surface area contributed by atoms with Crippen LogP contribution in [0.2, 0.25) is 0 Å². The molecule has 4 heterocycles. The van der Waals surface area contributed by atoms with Gasteiger partial charge in [-0.15, -0.1) is 0 Å². The SMILES string of the molecule is CC(C)[C@@H]1CN(C(=O)c2ccc3ccccn23)CC(=O)NCCCc2ccc(F)c(c2)C(=O)N2CCC[C@H]2C(=O)N1. The van der Waals surface area contributed by atoms with Gasteiger partial charge in [-0.25, -0.2) is 4.39 Å². The van der Waals surface area contributed by atoms with Crippen molar-refractivity contribution in [1.29, 1.82) is 0 Å². The number of amides is 4. The van der Waals surface area contributed by atoms with Crippen LogP contribution in [0.5, 0.6) is 0 Å². The zero-order valence-electron chi connectivity index (χ0n) is 23.4. The summed E-state index contributed by atoms with van der Waals surface area (Å²) >= 11 is 0. The van der Waals surface area contributed by atoms with Crippen molar-refractivity contribution in [3.05, 3.63) is 77.4 Å². The number of pyridine rings is 1. The van der Waals surface area contributed by atoms with E-state index in [0.717, 1.165) is 11.1 Å². The van der Waals surface area contributed by atoms with Crippen molar-refractivity contribution in [3.63, 3.8) is 0 Å². The fourth-order valence-corrected chi connectivity index (χ4v) is 5.63. The third-order valence-electron chi connectivity index (χ3n) is 8.00. The molecule has 9 nitrogen and oxygen atoms in total. The number of hydrogen-bond acceptors (Lipinski definition) is 4. The van der Waals surface area contributed by atoms with Crippen molar-refractivity contribution in [3.8, 4) is 0 Å². The highest BCUT2D eigenvalue weighted by atomic mass is 19.1. The standard InChI is InChI=1S/C31H36FN5O4/c1-20(2)25-18-35(31(41)27-13-11-22-8-3-4-15-36(22)27)19-28(38)33-14-5-7-21-10-12-24(32)23(17-21)30(40)37-16-6-9-26(37)29(39)34-25/h3-4,8,10-13,15,17,20,25-26H,5-7,9,14,16,18-19H2,1-2H3,(H,33,38)(H,34,39)/t25-,26-/m0/s1. The van der Waals surface area contributed by atoms with Gasteiger partial charge in [0.15, 0.2) is 0 Å². The first-order valence-electron chi connectivity index (χ1n) is 14.2. The van der Waals surface area contributed by atoms with E-state index in [9.17, 15) is 23.6 Å². The van der Waals surface area contributed by atoms with Crippen LogP contribution < -0.4 is 10.6 Å². The smallest absolute Gasteiger partial charge is 0.271 e. The topological polar surface area (TPSA) is 103 Å². The van der Waals surface area contributed by atoms with Gasteiger partial charge in [0.2, 0.25) is 11.8 Å². The molecule has 5 rings (SSSR count). The van der Waals surface area contributed by atoms with Gasteiger partial charge in [0.05, 0.1) is 12.1 Å². The summed E-state index contributed by atoms with van der Waals surface area (Å²) in [5.41, 5.74) is 1.99. The highest BCUT2D eigenvalue weighted by Crippen LogP contribution is 2.24. The summed E-state index contributed by atoms with van der Waals surface area (Å²) in [5.74, 6) is -2.19. The Kier molecular flexibility index (Phi) is 8.37. The summed E-state index contributed by atoms with van der Waals surface area (Å²) < 4.78 is 16.5. The van der Waals surface area contributed by atoms with Crippen LogP contribution >= 0.6 is 0 Å². The second kappa shape index (κ2) is 12.1. The van der Waals surface area contributed by atoms with Crippen molar-refractivity contribution in [2.24, 2.45) is 5.92 Å². The molecule has 0 spiro atoms. The van der Waals surface area contributed by atoms with E-state index in [2.05, 4.69) is 10.6 Å². The molecule has 2 atom stereocenters. The van der Waals surface area contributed by atoms with Gasteiger partial charge >= 0.3 is 0 Å². The molecular weight excluding hydrogens is 525 g/mol. The highest BCUT2D eigenvalue weighted by Gasteiger charge is 2.37. The van der Waals surface area contributed by atoms with Crippen molar-refractivity contribution < 1.29 is 23.6 Å². The number of nitrogens with zero attached hydrogens (tertiary/aromatic N) is 3. The molecule has 2 aliphatic rings. The minimum atomic E-state index is -0.746. The molecule has 0 aliphatic carbocycles. The molecule has 1 fully saturated rings. The van der Waals surface area contributed by atoms with Crippen LogP contribution in [0.4, 0.5) is 4.39 Å². The lowest BCUT2D eigenvalue weighted by atomic mass is 10.0. The summed E-state index contributed by atoms with van der Waals surface area (Å²) in [6.07, 6.45) is 3.99. The van der Waals surface area contributed by atoms with Crippen LogP contribution in [0.3, 0.4) is 0 Å². The molecular formula is C31H36FN5O4. The monoisotopic (exact) mass is 561 g/mol. The third-order valence-corrected chi connectivity index (χ3v) is 8.00. The summed E-state index contributed by atoms with van der Waals surface area (Å²) in [7, 11) is 0. The average molecular weight is 562 g/mol. The van der Waals surface area contributed by atoms with Crippen molar-refractivity contribution in [2.75, 3.05) is 26.2 Å². The first kappa shape index (κ1) is 28.3. The first-order valence-corrected chi connectivity index (χ1v) is 14.2. The number of aromatic nitrogens is 1. The molecule has 216 valence electrons. The Labute approximate surface area is 238 Å². The van der Waals surface area contributed by atoms with E-state index in [1.807, 2.05) is 38.1 Å². The minimum absolute atomic E-state index is 0.0489. The molecule has 1 aromatic carbocycles. The molecule has 41 heavy (non-hydrogen) atoms. The fourth-order valence-electron chi connectivity index (χ4n) is 5.63. The quantitative estimate of drug-likeness (QED) is 0.502. The molecule has 0 saturated carbocycles. The van der Waals surface area contributed by atoms with Crippen molar-refractivity contribution in [2.45, 2.75) is 51.6 Å². The summed E-state index contributed by atoms with van der Waals surface area (Å²) in [6.45, 7) is 4.51. The van der Waals surface area contributed by atoms with Gasteiger partial charge in [-0.2, -0.15) is 0 Å². The first-order chi connectivity index (χ1) is 19.7. The van der Waals surface area contributed by atoms with Crippen LogP contribution in [0.1, 0.15) is 59.5 Å². The number of hydrogen-bond donors (Lipinski definition) is 2. The molecule has 0 unspecified atom stereocenters. The maximum absolute atomic E-state index is 14.8. The molecule has 1 saturated heterocycles. The Morgan fingerprint density at radius 3 is 2.68 bits per heavy atom. The number of benzene rings is 1. The zero-order valence-corrected chi connectivity index (χ0v) is 23.4. The molecule has 2 N–H and O–H groups in total. The predicted molar refractivity (Wildman–Crippen MR) is 152 cm³/mol. The lowest BCUT2D eigenvalue weighted by Crippen LogP contribution is -2.55. The molecule has 10 heteroatoms. The van der Waals surface area contributed by atoms with Crippen LogP contribution in [-0.4, -0.2) is 76.1 Å². The second-order valence-electron chi connectivity index (χ2n) is 11.2. The molecule has 2 aliphatic heterocycles. The summed E-state index contributed by atoms with van der Waals surface area (Å²) in [4.78, 5) is 56.8. The Morgan fingerprint density at radius 2 is 1.88 bits per heavy atom. The maximum Gasteiger partial charge on any atom is 0.271 e. The summed E-state index contributed by atoms with van der Waals surface area (Å²) in [6, 6.07) is 12.4.